The van der Waals surface area contributed by atoms with Gasteiger partial charge in [-0.05, 0) is 136 Å². The third-order valence-electron chi connectivity index (χ3n) is 15.0. The fourth-order valence-electron chi connectivity index (χ4n) is 11.6. The SMILES string of the molecule is C=C(/C=C\C(C)=C(/CC)N(c1ccccc1)c1ccc2ccc3c(N(c4ccccc4)c4c(C)ccc(-c5cccc6c5sc5ccccc56)c4C)ccc4ccc1c2c43)c1cccc2c1sc1ccccc12. The summed E-state index contributed by atoms with van der Waals surface area (Å²) in [4.78, 5) is 5.01. The lowest BCUT2D eigenvalue weighted by Gasteiger charge is -2.32. The van der Waals surface area contributed by atoms with Gasteiger partial charge < -0.3 is 9.80 Å². The average Bonchev–Trinajstić information content (AvgIpc) is 4.02. The predicted molar refractivity (Wildman–Crippen MR) is 322 cm³/mol. The molecule has 73 heavy (non-hydrogen) atoms. The van der Waals surface area contributed by atoms with Crippen LogP contribution >= 0.6 is 22.7 Å². The summed E-state index contributed by atoms with van der Waals surface area (Å²) in [7, 11) is 0. The van der Waals surface area contributed by atoms with Crippen LogP contribution in [0.3, 0.4) is 0 Å². The van der Waals surface area contributed by atoms with Crippen LogP contribution in [0, 0.1) is 13.8 Å². The summed E-state index contributed by atoms with van der Waals surface area (Å²) >= 11 is 3.74. The van der Waals surface area contributed by atoms with Gasteiger partial charge in [-0.25, -0.2) is 0 Å². The molecule has 0 radical (unpaired) electrons. The van der Waals surface area contributed by atoms with E-state index in [0.717, 1.165) is 34.7 Å². The van der Waals surface area contributed by atoms with Crippen molar-refractivity contribution in [2.45, 2.75) is 34.1 Å². The highest BCUT2D eigenvalue weighted by molar-refractivity contribution is 7.26. The fourth-order valence-corrected chi connectivity index (χ4v) is 14.1. The molecule has 0 amide bonds. The normalized spacial score (nSPS) is 12.4. The van der Waals surface area contributed by atoms with Crippen molar-refractivity contribution in [2.75, 3.05) is 9.80 Å². The molecular formula is C69H52N2S2. The maximum atomic E-state index is 4.64. The van der Waals surface area contributed by atoms with E-state index >= 15 is 0 Å². The first-order valence-electron chi connectivity index (χ1n) is 25.3. The average molecular weight is 973 g/mol. The van der Waals surface area contributed by atoms with E-state index < -0.39 is 0 Å². The highest BCUT2D eigenvalue weighted by Gasteiger charge is 2.25. The van der Waals surface area contributed by atoms with E-state index in [9.17, 15) is 0 Å². The zero-order valence-electron chi connectivity index (χ0n) is 41.4. The fraction of sp³-hybridized carbons (Fsp3) is 0.0725. The molecule has 0 unspecified atom stereocenters. The number of benzene rings is 11. The monoisotopic (exact) mass is 972 g/mol. The number of aryl methyl sites for hydroxylation is 1. The number of hydrogen-bond acceptors (Lipinski definition) is 4. The summed E-state index contributed by atoms with van der Waals surface area (Å²) in [6.07, 6.45) is 5.31. The Morgan fingerprint density at radius 1 is 0.479 bits per heavy atom. The Hall–Kier alpha value is -8.28. The Morgan fingerprint density at radius 3 is 1.70 bits per heavy atom. The molecule has 0 aliphatic heterocycles. The van der Waals surface area contributed by atoms with Crippen molar-refractivity contribution in [1.29, 1.82) is 0 Å². The lowest BCUT2D eigenvalue weighted by Crippen LogP contribution is -2.18. The van der Waals surface area contributed by atoms with Crippen LogP contribution in [0.4, 0.5) is 28.4 Å². The lowest BCUT2D eigenvalue weighted by atomic mass is 9.90. The van der Waals surface area contributed by atoms with Crippen LogP contribution in [0.25, 0.3) is 89.4 Å². The van der Waals surface area contributed by atoms with E-state index in [1.165, 1.54) is 117 Å². The van der Waals surface area contributed by atoms with Gasteiger partial charge in [-0.3, -0.25) is 0 Å². The van der Waals surface area contributed by atoms with E-state index in [2.05, 4.69) is 262 Å². The number of allylic oxidation sites excluding steroid dienone is 5. The van der Waals surface area contributed by atoms with Crippen molar-refractivity contribution < 1.29 is 0 Å². The van der Waals surface area contributed by atoms with Gasteiger partial charge in [-0.15, -0.1) is 22.7 Å². The Morgan fingerprint density at radius 2 is 1.03 bits per heavy atom. The molecule has 2 aromatic heterocycles. The van der Waals surface area contributed by atoms with Crippen molar-refractivity contribution in [3.63, 3.8) is 0 Å². The Labute approximate surface area is 434 Å². The molecule has 11 aromatic carbocycles. The molecule has 2 heterocycles. The van der Waals surface area contributed by atoms with Crippen LogP contribution in [0.15, 0.2) is 236 Å². The van der Waals surface area contributed by atoms with Gasteiger partial charge in [0.1, 0.15) is 0 Å². The Bertz CT molecular complexity index is 4360. The van der Waals surface area contributed by atoms with Gasteiger partial charge in [-0.2, -0.15) is 0 Å². The first kappa shape index (κ1) is 44.6. The van der Waals surface area contributed by atoms with Crippen LogP contribution in [-0.2, 0) is 0 Å². The van der Waals surface area contributed by atoms with Gasteiger partial charge >= 0.3 is 0 Å². The number of thiophene rings is 2. The Kier molecular flexibility index (Phi) is 11.1. The van der Waals surface area contributed by atoms with Crippen LogP contribution in [0.1, 0.15) is 37.0 Å². The molecule has 350 valence electrons. The van der Waals surface area contributed by atoms with E-state index in [-0.39, 0.29) is 0 Å². The molecule has 0 spiro atoms. The zero-order chi connectivity index (χ0) is 49.3. The molecule has 2 nitrogen and oxygen atoms in total. The minimum Gasteiger partial charge on any atom is -0.313 e. The standard InChI is InChI=1S/C69H52N2S2/c1-6-60(44(3)32-31-43(2)51-25-17-27-56-53-23-13-15-29-63(53)72-68(51)56)70(49-19-9-7-10-20-49)61-41-36-47-35-40-59-62(42-37-48-34-39-58(61)65(47)66(48)59)71(50-21-11-8-12-22-50)67-45(4)33-38-52(46(67)5)55-26-18-28-57-54-24-14-16-30-64(54)73-69(55)57/h7-42H,2,6H2,1,3-5H3/b32-31-,60-44+. The van der Waals surface area contributed by atoms with Crippen molar-refractivity contribution in [3.8, 4) is 11.1 Å². The smallest absolute Gasteiger partial charge is 0.0540 e. The number of nitrogens with zero attached hydrogens (tertiary/aromatic N) is 2. The molecule has 0 atom stereocenters. The first-order valence-corrected chi connectivity index (χ1v) is 26.9. The molecule has 0 aliphatic carbocycles. The largest absolute Gasteiger partial charge is 0.313 e. The number of anilines is 5. The summed E-state index contributed by atoms with van der Waals surface area (Å²) in [5.74, 6) is 0. The van der Waals surface area contributed by atoms with Crippen LogP contribution in [0.5, 0.6) is 0 Å². The summed E-state index contributed by atoms with van der Waals surface area (Å²) in [6, 6.07) is 76.1. The topological polar surface area (TPSA) is 6.48 Å². The second-order valence-electron chi connectivity index (χ2n) is 19.2. The van der Waals surface area contributed by atoms with Gasteiger partial charge in [0.2, 0.25) is 0 Å². The molecular weight excluding hydrogens is 921 g/mol. The minimum absolute atomic E-state index is 0.830. The summed E-state index contributed by atoms with van der Waals surface area (Å²) in [5, 5.41) is 12.7. The molecule has 0 saturated carbocycles. The second-order valence-corrected chi connectivity index (χ2v) is 21.3. The highest BCUT2D eigenvalue weighted by Crippen LogP contribution is 2.50. The van der Waals surface area contributed by atoms with Crippen molar-refractivity contribution in [1.82, 2.24) is 0 Å². The van der Waals surface area contributed by atoms with E-state index in [0.29, 0.717) is 0 Å². The molecule has 0 fully saturated rings. The Balaban J connectivity index is 0.969. The molecule has 0 saturated heterocycles. The van der Waals surface area contributed by atoms with Crippen molar-refractivity contribution in [3.05, 3.63) is 253 Å². The number of fused-ring (bicyclic) bond motifs is 6. The van der Waals surface area contributed by atoms with E-state index in [1.54, 1.807) is 0 Å². The quantitative estimate of drug-likeness (QED) is 0.0941. The number of rotatable bonds is 11. The molecule has 13 aromatic rings. The van der Waals surface area contributed by atoms with Gasteiger partial charge in [0, 0.05) is 68.2 Å². The third-order valence-corrected chi connectivity index (χ3v) is 17.5. The third kappa shape index (κ3) is 7.35. The molecule has 0 N–H and O–H groups in total. The van der Waals surface area contributed by atoms with Crippen LogP contribution < -0.4 is 9.80 Å². The first-order chi connectivity index (χ1) is 35.9. The van der Waals surface area contributed by atoms with Crippen molar-refractivity contribution >= 4 is 129 Å². The van der Waals surface area contributed by atoms with Gasteiger partial charge in [0.25, 0.3) is 0 Å². The maximum absolute atomic E-state index is 4.64. The van der Waals surface area contributed by atoms with Gasteiger partial charge in [0.05, 0.1) is 17.1 Å². The minimum atomic E-state index is 0.830. The van der Waals surface area contributed by atoms with Crippen molar-refractivity contribution in [2.24, 2.45) is 0 Å². The molecule has 0 aliphatic rings. The van der Waals surface area contributed by atoms with Gasteiger partial charge in [-0.1, -0.05) is 183 Å². The van der Waals surface area contributed by atoms with Gasteiger partial charge in [0.15, 0.2) is 0 Å². The van der Waals surface area contributed by atoms with Crippen LogP contribution in [-0.4, -0.2) is 0 Å². The van der Waals surface area contributed by atoms with E-state index in [1.807, 2.05) is 22.7 Å². The second kappa shape index (κ2) is 18.1. The molecule has 0 bridgehead atoms. The summed E-state index contributed by atoms with van der Waals surface area (Å²) in [6.45, 7) is 13.7. The highest BCUT2D eigenvalue weighted by atomic mass is 32.1. The number of hydrogen-bond donors (Lipinski definition) is 0. The molecule has 13 rings (SSSR count). The zero-order valence-corrected chi connectivity index (χ0v) is 43.0. The predicted octanol–water partition coefficient (Wildman–Crippen LogP) is 21.2. The number of para-hydroxylation sites is 2. The van der Waals surface area contributed by atoms with E-state index in [4.69, 9.17) is 0 Å². The summed E-state index contributed by atoms with van der Waals surface area (Å²) < 4.78 is 5.23. The molecule has 4 heteroatoms. The maximum Gasteiger partial charge on any atom is 0.0540 e. The summed E-state index contributed by atoms with van der Waals surface area (Å²) in [5.41, 5.74) is 15.4. The lowest BCUT2D eigenvalue weighted by molar-refractivity contribution is 0.994. The van der Waals surface area contributed by atoms with Crippen LogP contribution in [0.2, 0.25) is 0 Å².